The summed E-state index contributed by atoms with van der Waals surface area (Å²) in [6.45, 7) is 0. The van der Waals surface area contributed by atoms with Crippen molar-refractivity contribution < 1.29 is 19.1 Å². The Bertz CT molecular complexity index is 656. The maximum atomic E-state index is 12.3. The van der Waals surface area contributed by atoms with Crippen molar-refractivity contribution in [1.29, 1.82) is 0 Å². The SMILES string of the molecule is COC(=O)CC(NC(=O)c1ccccn1)c1ccc(OC)cc1. The highest BCUT2D eigenvalue weighted by atomic mass is 16.5. The van der Waals surface area contributed by atoms with Gasteiger partial charge < -0.3 is 14.8 Å². The Morgan fingerprint density at radius 3 is 2.43 bits per heavy atom. The fraction of sp³-hybridized carbons (Fsp3) is 0.235. The maximum absolute atomic E-state index is 12.3. The molecule has 1 unspecified atom stereocenters. The average Bonchev–Trinajstić information content (AvgIpc) is 2.61. The number of pyridine rings is 1. The Hall–Kier alpha value is -2.89. The van der Waals surface area contributed by atoms with E-state index in [1.165, 1.54) is 13.3 Å². The number of methoxy groups -OCH3 is 2. The number of aromatic nitrogens is 1. The Kier molecular flexibility index (Phi) is 5.68. The summed E-state index contributed by atoms with van der Waals surface area (Å²) in [5.41, 5.74) is 1.07. The first-order chi connectivity index (χ1) is 11.1. The minimum absolute atomic E-state index is 0.0292. The van der Waals surface area contributed by atoms with Crippen LogP contribution in [0.3, 0.4) is 0 Å². The molecule has 6 nitrogen and oxygen atoms in total. The molecule has 0 spiro atoms. The van der Waals surface area contributed by atoms with Crippen molar-refractivity contribution in [2.45, 2.75) is 12.5 Å². The second kappa shape index (κ2) is 7.93. The number of ether oxygens (including phenoxy) is 2. The number of esters is 1. The van der Waals surface area contributed by atoms with Crippen LogP contribution in [0.2, 0.25) is 0 Å². The summed E-state index contributed by atoms with van der Waals surface area (Å²) in [5.74, 6) is -0.0657. The lowest BCUT2D eigenvalue weighted by Gasteiger charge is -2.18. The standard InChI is InChI=1S/C17H18N2O4/c1-22-13-8-6-12(7-9-13)15(11-16(20)23-2)19-17(21)14-5-3-4-10-18-14/h3-10,15H,11H2,1-2H3,(H,19,21). The van der Waals surface area contributed by atoms with Gasteiger partial charge in [-0.25, -0.2) is 0 Å². The molecule has 2 aromatic rings. The number of carbonyl (C=O) groups excluding carboxylic acids is 2. The summed E-state index contributed by atoms with van der Waals surface area (Å²) in [6.07, 6.45) is 1.57. The van der Waals surface area contributed by atoms with E-state index in [0.717, 1.165) is 5.56 Å². The fourth-order valence-electron chi connectivity index (χ4n) is 2.07. The summed E-state index contributed by atoms with van der Waals surface area (Å²) in [6, 6.07) is 11.7. The molecule has 0 saturated carbocycles. The van der Waals surface area contributed by atoms with E-state index in [0.29, 0.717) is 5.75 Å². The number of carbonyl (C=O) groups is 2. The summed E-state index contributed by atoms with van der Waals surface area (Å²) in [5, 5.41) is 2.81. The van der Waals surface area contributed by atoms with E-state index < -0.39 is 12.0 Å². The number of nitrogens with zero attached hydrogens (tertiary/aromatic N) is 1. The van der Waals surface area contributed by atoms with Crippen molar-refractivity contribution in [3.05, 3.63) is 59.9 Å². The molecule has 0 aliphatic carbocycles. The molecule has 0 fully saturated rings. The molecule has 0 bridgehead atoms. The van der Waals surface area contributed by atoms with Gasteiger partial charge in [-0.05, 0) is 29.8 Å². The number of benzene rings is 1. The molecule has 0 radical (unpaired) electrons. The minimum Gasteiger partial charge on any atom is -0.497 e. The van der Waals surface area contributed by atoms with Crippen molar-refractivity contribution in [2.75, 3.05) is 14.2 Å². The normalized spacial score (nSPS) is 11.4. The van der Waals surface area contributed by atoms with Gasteiger partial charge in [-0.3, -0.25) is 14.6 Å². The third-order valence-corrected chi connectivity index (χ3v) is 3.32. The van der Waals surface area contributed by atoms with E-state index in [9.17, 15) is 9.59 Å². The van der Waals surface area contributed by atoms with E-state index in [-0.39, 0.29) is 18.0 Å². The predicted octanol–water partition coefficient (Wildman–Crippen LogP) is 2.12. The highest BCUT2D eigenvalue weighted by Gasteiger charge is 2.20. The summed E-state index contributed by atoms with van der Waals surface area (Å²) < 4.78 is 9.82. The fourth-order valence-corrected chi connectivity index (χ4v) is 2.07. The van der Waals surface area contributed by atoms with Gasteiger partial charge in [0.05, 0.1) is 26.7 Å². The molecule has 1 amide bonds. The average molecular weight is 314 g/mol. The third kappa shape index (κ3) is 4.54. The highest BCUT2D eigenvalue weighted by molar-refractivity contribution is 5.92. The van der Waals surface area contributed by atoms with Crippen LogP contribution in [0.4, 0.5) is 0 Å². The quantitative estimate of drug-likeness (QED) is 0.826. The lowest BCUT2D eigenvalue weighted by Crippen LogP contribution is -2.31. The van der Waals surface area contributed by atoms with Crippen molar-refractivity contribution >= 4 is 11.9 Å². The van der Waals surface area contributed by atoms with Crippen LogP contribution in [0.1, 0.15) is 28.5 Å². The van der Waals surface area contributed by atoms with Gasteiger partial charge in [0, 0.05) is 6.20 Å². The highest BCUT2D eigenvalue weighted by Crippen LogP contribution is 2.21. The van der Waals surface area contributed by atoms with Crippen LogP contribution >= 0.6 is 0 Å². The Labute approximate surface area is 134 Å². The summed E-state index contributed by atoms with van der Waals surface area (Å²) in [4.78, 5) is 27.9. The zero-order chi connectivity index (χ0) is 16.7. The van der Waals surface area contributed by atoms with E-state index in [4.69, 9.17) is 9.47 Å². The van der Waals surface area contributed by atoms with Gasteiger partial charge >= 0.3 is 5.97 Å². The molecule has 0 saturated heterocycles. The molecule has 0 aliphatic rings. The van der Waals surface area contributed by atoms with E-state index >= 15 is 0 Å². The van der Waals surface area contributed by atoms with Crippen LogP contribution in [0, 0.1) is 0 Å². The number of hydrogen-bond acceptors (Lipinski definition) is 5. The largest absolute Gasteiger partial charge is 0.497 e. The first kappa shape index (κ1) is 16.5. The van der Waals surface area contributed by atoms with Gasteiger partial charge in [0.1, 0.15) is 11.4 Å². The molecule has 1 heterocycles. The van der Waals surface area contributed by atoms with Crippen LogP contribution in [0.25, 0.3) is 0 Å². The molecule has 1 N–H and O–H groups in total. The van der Waals surface area contributed by atoms with Crippen molar-refractivity contribution in [2.24, 2.45) is 0 Å². The van der Waals surface area contributed by atoms with Gasteiger partial charge in [0.25, 0.3) is 5.91 Å². The van der Waals surface area contributed by atoms with Gasteiger partial charge in [-0.1, -0.05) is 18.2 Å². The van der Waals surface area contributed by atoms with Gasteiger partial charge in [0.15, 0.2) is 0 Å². The van der Waals surface area contributed by atoms with Crippen LogP contribution < -0.4 is 10.1 Å². The van der Waals surface area contributed by atoms with Gasteiger partial charge in [-0.2, -0.15) is 0 Å². The second-order valence-electron chi connectivity index (χ2n) is 4.79. The first-order valence-electron chi connectivity index (χ1n) is 7.06. The van der Waals surface area contributed by atoms with E-state index in [2.05, 4.69) is 10.3 Å². The molecule has 120 valence electrons. The second-order valence-corrected chi connectivity index (χ2v) is 4.79. The molecule has 1 aromatic heterocycles. The van der Waals surface area contributed by atoms with Gasteiger partial charge in [-0.15, -0.1) is 0 Å². The first-order valence-corrected chi connectivity index (χ1v) is 7.06. The van der Waals surface area contributed by atoms with E-state index in [1.54, 1.807) is 49.6 Å². The predicted molar refractivity (Wildman–Crippen MR) is 84.1 cm³/mol. The lowest BCUT2D eigenvalue weighted by molar-refractivity contribution is -0.141. The number of amides is 1. The molecular formula is C17H18N2O4. The van der Waals surface area contributed by atoms with Crippen LogP contribution in [0.5, 0.6) is 5.75 Å². The molecule has 2 rings (SSSR count). The Morgan fingerprint density at radius 2 is 1.87 bits per heavy atom. The monoisotopic (exact) mass is 314 g/mol. The molecular weight excluding hydrogens is 296 g/mol. The molecule has 23 heavy (non-hydrogen) atoms. The topological polar surface area (TPSA) is 77.5 Å². The number of hydrogen-bond donors (Lipinski definition) is 1. The van der Waals surface area contributed by atoms with E-state index in [1.807, 2.05) is 0 Å². The smallest absolute Gasteiger partial charge is 0.307 e. The Balaban J connectivity index is 2.19. The number of rotatable bonds is 6. The van der Waals surface area contributed by atoms with Crippen LogP contribution in [-0.4, -0.2) is 31.1 Å². The summed E-state index contributed by atoms with van der Waals surface area (Å²) >= 11 is 0. The Morgan fingerprint density at radius 1 is 1.13 bits per heavy atom. The minimum atomic E-state index is -0.511. The molecule has 0 aliphatic heterocycles. The van der Waals surface area contributed by atoms with Crippen LogP contribution in [-0.2, 0) is 9.53 Å². The zero-order valence-corrected chi connectivity index (χ0v) is 13.0. The number of nitrogens with one attached hydrogen (secondary N) is 1. The molecule has 1 atom stereocenters. The van der Waals surface area contributed by atoms with Crippen molar-refractivity contribution in [3.8, 4) is 5.75 Å². The molecule has 6 heteroatoms. The zero-order valence-electron chi connectivity index (χ0n) is 13.0. The van der Waals surface area contributed by atoms with Crippen molar-refractivity contribution in [1.82, 2.24) is 10.3 Å². The van der Waals surface area contributed by atoms with Crippen molar-refractivity contribution in [3.63, 3.8) is 0 Å². The summed E-state index contributed by atoms with van der Waals surface area (Å²) in [7, 11) is 2.89. The van der Waals surface area contributed by atoms with Gasteiger partial charge in [0.2, 0.25) is 0 Å². The maximum Gasteiger partial charge on any atom is 0.307 e. The third-order valence-electron chi connectivity index (χ3n) is 3.32. The lowest BCUT2D eigenvalue weighted by atomic mass is 10.0. The van der Waals surface area contributed by atoms with Crippen LogP contribution in [0.15, 0.2) is 48.7 Å². The molecule has 1 aromatic carbocycles.